The molecule has 0 saturated carbocycles. The number of aromatic nitrogens is 1. The van der Waals surface area contributed by atoms with E-state index in [1.807, 2.05) is 6.20 Å². The van der Waals surface area contributed by atoms with E-state index in [1.165, 1.54) is 12.8 Å². The van der Waals surface area contributed by atoms with Crippen molar-refractivity contribution in [2.75, 3.05) is 37.7 Å². The summed E-state index contributed by atoms with van der Waals surface area (Å²) in [5.41, 5.74) is 1.14. The average molecular weight is 291 g/mol. The second-order valence-electron chi connectivity index (χ2n) is 5.78. The van der Waals surface area contributed by atoms with Gasteiger partial charge in [0.25, 0.3) is 5.88 Å². The Morgan fingerprint density at radius 2 is 2.33 bits per heavy atom. The van der Waals surface area contributed by atoms with Gasteiger partial charge < -0.3 is 19.7 Å². The first-order valence-electron chi connectivity index (χ1n) is 8.12. The Hall–Kier alpha value is -1.49. The summed E-state index contributed by atoms with van der Waals surface area (Å²) in [5, 5.41) is 3.42. The number of anilines is 1. The van der Waals surface area contributed by atoms with Crippen LogP contribution >= 0.6 is 0 Å². The summed E-state index contributed by atoms with van der Waals surface area (Å²) in [6.07, 6.45) is 6.64. The molecule has 2 aliphatic heterocycles. The second kappa shape index (κ2) is 6.98. The van der Waals surface area contributed by atoms with Gasteiger partial charge in [-0.15, -0.1) is 0 Å². The summed E-state index contributed by atoms with van der Waals surface area (Å²) < 4.78 is 11.8. The van der Waals surface area contributed by atoms with E-state index < -0.39 is 0 Å². The molecule has 116 valence electrons. The first-order chi connectivity index (χ1) is 10.4. The highest BCUT2D eigenvalue weighted by Crippen LogP contribution is 2.34. The molecule has 0 spiro atoms. The summed E-state index contributed by atoms with van der Waals surface area (Å²) in [7, 11) is 0. The topological polar surface area (TPSA) is 46.6 Å². The smallest absolute Gasteiger partial charge is 0.257 e. The van der Waals surface area contributed by atoms with Gasteiger partial charge in [-0.25, -0.2) is 4.98 Å². The third-order valence-corrected chi connectivity index (χ3v) is 4.09. The van der Waals surface area contributed by atoms with Crippen LogP contribution in [0.25, 0.3) is 0 Å². The number of hydrogen-bond donors (Lipinski definition) is 1. The van der Waals surface area contributed by atoms with Crippen molar-refractivity contribution in [1.82, 2.24) is 10.3 Å². The molecule has 0 amide bonds. The van der Waals surface area contributed by atoms with Gasteiger partial charge in [-0.3, -0.25) is 0 Å². The van der Waals surface area contributed by atoms with Gasteiger partial charge in [0.1, 0.15) is 12.7 Å². The van der Waals surface area contributed by atoms with Crippen molar-refractivity contribution in [3.05, 3.63) is 12.3 Å². The van der Waals surface area contributed by atoms with Crippen LogP contribution < -0.4 is 19.7 Å². The Kier molecular flexibility index (Phi) is 4.80. The Labute approximate surface area is 126 Å². The minimum absolute atomic E-state index is 0.167. The van der Waals surface area contributed by atoms with E-state index in [4.69, 9.17) is 9.47 Å². The monoisotopic (exact) mass is 291 g/mol. The van der Waals surface area contributed by atoms with E-state index in [1.54, 1.807) is 0 Å². The normalized spacial score (nSPS) is 22.0. The largest absolute Gasteiger partial charge is 0.481 e. The molecule has 21 heavy (non-hydrogen) atoms. The van der Waals surface area contributed by atoms with Gasteiger partial charge in [-0.2, -0.15) is 0 Å². The maximum atomic E-state index is 6.07. The standard InChI is InChI=1S/C16H25N3O2/c1-2-3-5-14-12-20-16-15(21-14)10-13(11-18-16)19-8-4-6-17-7-9-19/h10-11,14,17H,2-9,12H2,1H3. The van der Waals surface area contributed by atoms with Gasteiger partial charge >= 0.3 is 0 Å². The van der Waals surface area contributed by atoms with Gasteiger partial charge in [-0.05, 0) is 25.8 Å². The number of rotatable bonds is 4. The number of pyridine rings is 1. The van der Waals surface area contributed by atoms with Gasteiger partial charge in [0.15, 0.2) is 5.75 Å². The molecule has 3 rings (SSSR count). The quantitative estimate of drug-likeness (QED) is 0.921. The summed E-state index contributed by atoms with van der Waals surface area (Å²) >= 11 is 0. The molecule has 1 unspecified atom stereocenters. The van der Waals surface area contributed by atoms with Crippen molar-refractivity contribution in [1.29, 1.82) is 0 Å². The zero-order valence-electron chi connectivity index (χ0n) is 12.8. The minimum atomic E-state index is 0.167. The molecule has 0 radical (unpaired) electrons. The van der Waals surface area contributed by atoms with Crippen molar-refractivity contribution >= 4 is 5.69 Å². The van der Waals surface area contributed by atoms with Crippen molar-refractivity contribution < 1.29 is 9.47 Å². The highest BCUT2D eigenvalue weighted by molar-refractivity contribution is 5.53. The number of ether oxygens (including phenoxy) is 2. The van der Waals surface area contributed by atoms with Crippen LogP contribution in [-0.2, 0) is 0 Å². The fourth-order valence-corrected chi connectivity index (χ4v) is 2.85. The maximum Gasteiger partial charge on any atom is 0.257 e. The lowest BCUT2D eigenvalue weighted by molar-refractivity contribution is 0.0787. The molecular formula is C16H25N3O2. The van der Waals surface area contributed by atoms with E-state index in [-0.39, 0.29) is 6.10 Å². The zero-order valence-corrected chi connectivity index (χ0v) is 12.8. The lowest BCUT2D eigenvalue weighted by Gasteiger charge is -2.28. The number of fused-ring (bicyclic) bond motifs is 1. The third kappa shape index (κ3) is 3.59. The van der Waals surface area contributed by atoms with Crippen LogP contribution in [0.15, 0.2) is 12.3 Å². The van der Waals surface area contributed by atoms with Crippen LogP contribution in [0, 0.1) is 0 Å². The van der Waals surface area contributed by atoms with Crippen molar-refractivity contribution in [2.45, 2.75) is 38.7 Å². The SMILES string of the molecule is CCCCC1COc2ncc(N3CCCNCC3)cc2O1. The zero-order chi connectivity index (χ0) is 14.5. The minimum Gasteiger partial charge on any atom is -0.481 e. The predicted molar refractivity (Wildman–Crippen MR) is 83.4 cm³/mol. The maximum absolute atomic E-state index is 6.07. The number of unbranched alkanes of at least 4 members (excludes halogenated alkanes) is 1. The molecule has 0 aliphatic carbocycles. The van der Waals surface area contributed by atoms with Gasteiger partial charge in [0.05, 0.1) is 11.9 Å². The lowest BCUT2D eigenvalue weighted by Crippen LogP contribution is -2.31. The average Bonchev–Trinajstić information content (AvgIpc) is 2.81. The summed E-state index contributed by atoms with van der Waals surface area (Å²) in [6, 6.07) is 2.09. The molecule has 1 aromatic heterocycles. The van der Waals surface area contributed by atoms with Crippen molar-refractivity contribution in [3.8, 4) is 11.6 Å². The molecule has 5 nitrogen and oxygen atoms in total. The van der Waals surface area contributed by atoms with E-state index in [2.05, 4.69) is 28.2 Å². The van der Waals surface area contributed by atoms with Crippen LogP contribution in [0.3, 0.4) is 0 Å². The highest BCUT2D eigenvalue weighted by Gasteiger charge is 2.23. The summed E-state index contributed by atoms with van der Waals surface area (Å²) in [6.45, 7) is 7.01. The van der Waals surface area contributed by atoms with E-state index in [0.717, 1.165) is 50.5 Å². The van der Waals surface area contributed by atoms with Crippen molar-refractivity contribution in [3.63, 3.8) is 0 Å². The molecule has 0 bridgehead atoms. The first-order valence-corrected chi connectivity index (χ1v) is 8.12. The van der Waals surface area contributed by atoms with Crippen LogP contribution in [0.5, 0.6) is 11.6 Å². The number of hydrogen-bond acceptors (Lipinski definition) is 5. The van der Waals surface area contributed by atoms with E-state index in [0.29, 0.717) is 12.5 Å². The van der Waals surface area contributed by atoms with Crippen LogP contribution in [-0.4, -0.2) is 43.9 Å². The Morgan fingerprint density at radius 1 is 1.38 bits per heavy atom. The summed E-state index contributed by atoms with van der Waals surface area (Å²) in [4.78, 5) is 6.80. The molecule has 1 fully saturated rings. The Morgan fingerprint density at radius 3 is 3.24 bits per heavy atom. The van der Waals surface area contributed by atoms with Crippen LogP contribution in [0.1, 0.15) is 32.6 Å². The van der Waals surface area contributed by atoms with Crippen LogP contribution in [0.2, 0.25) is 0 Å². The molecule has 2 aliphatic rings. The third-order valence-electron chi connectivity index (χ3n) is 4.09. The fraction of sp³-hybridized carbons (Fsp3) is 0.688. The summed E-state index contributed by atoms with van der Waals surface area (Å²) in [5.74, 6) is 1.44. The van der Waals surface area contributed by atoms with E-state index in [9.17, 15) is 0 Å². The number of nitrogens with zero attached hydrogens (tertiary/aromatic N) is 2. The van der Waals surface area contributed by atoms with Gasteiger partial charge in [0.2, 0.25) is 0 Å². The molecule has 1 saturated heterocycles. The molecule has 1 atom stereocenters. The highest BCUT2D eigenvalue weighted by atomic mass is 16.6. The molecule has 1 aromatic rings. The lowest BCUT2D eigenvalue weighted by atomic mass is 10.1. The molecule has 0 aromatic carbocycles. The Bertz CT molecular complexity index is 459. The molecule has 5 heteroatoms. The second-order valence-corrected chi connectivity index (χ2v) is 5.78. The first kappa shape index (κ1) is 14.4. The Balaban J connectivity index is 1.71. The van der Waals surface area contributed by atoms with Crippen molar-refractivity contribution in [2.24, 2.45) is 0 Å². The molecule has 1 N–H and O–H groups in total. The van der Waals surface area contributed by atoms with Gasteiger partial charge in [-0.1, -0.05) is 13.3 Å². The predicted octanol–water partition coefficient (Wildman–Crippen LogP) is 2.21. The van der Waals surface area contributed by atoms with Crippen LogP contribution in [0.4, 0.5) is 5.69 Å². The fourth-order valence-electron chi connectivity index (χ4n) is 2.85. The molecule has 3 heterocycles. The van der Waals surface area contributed by atoms with Gasteiger partial charge in [0, 0.05) is 25.7 Å². The number of nitrogens with one attached hydrogen (secondary N) is 1. The van der Waals surface area contributed by atoms with E-state index >= 15 is 0 Å². The molecular weight excluding hydrogens is 266 g/mol.